The Balaban J connectivity index is 2.24. The number of nitrogens with zero attached hydrogens (tertiary/aromatic N) is 4. The van der Waals surface area contributed by atoms with Crippen LogP contribution in [0.25, 0.3) is 0 Å². The third-order valence-corrected chi connectivity index (χ3v) is 16.0. The molecule has 10 nitrogen and oxygen atoms in total. The second kappa shape index (κ2) is 47.2. The van der Waals surface area contributed by atoms with E-state index in [1.807, 2.05) is 21.6 Å². The molecular formula is C54H110N4O6S2. The van der Waals surface area contributed by atoms with Crippen molar-refractivity contribution in [1.29, 1.82) is 0 Å². The van der Waals surface area contributed by atoms with Crippen molar-refractivity contribution < 1.29 is 30.0 Å². The number of unbranched alkanes of at least 4 members (excludes halogenated alkanes) is 18. The van der Waals surface area contributed by atoms with Gasteiger partial charge in [-0.15, -0.1) is 0 Å². The molecule has 4 unspecified atom stereocenters. The third kappa shape index (κ3) is 40.6. The predicted octanol–water partition coefficient (Wildman–Crippen LogP) is 11.4. The van der Waals surface area contributed by atoms with Gasteiger partial charge >= 0.3 is 5.97 Å². The molecule has 4 atom stereocenters. The number of carbonyl (C=O) groups is 1. The van der Waals surface area contributed by atoms with E-state index in [1.165, 1.54) is 115 Å². The number of ether oxygens (including phenoxy) is 1. The van der Waals surface area contributed by atoms with Crippen LogP contribution in [-0.2, 0) is 9.53 Å². The number of piperazine rings is 1. The molecule has 4 N–H and O–H groups in total. The Morgan fingerprint density at radius 3 is 1.26 bits per heavy atom. The molecule has 1 saturated heterocycles. The van der Waals surface area contributed by atoms with Crippen molar-refractivity contribution in [3.63, 3.8) is 0 Å². The molecule has 0 aromatic carbocycles. The Morgan fingerprint density at radius 1 is 0.455 bits per heavy atom. The van der Waals surface area contributed by atoms with Gasteiger partial charge in [0.25, 0.3) is 0 Å². The summed E-state index contributed by atoms with van der Waals surface area (Å²) in [5.74, 6) is 2.20. The molecule has 1 aliphatic rings. The molecule has 0 radical (unpaired) electrons. The van der Waals surface area contributed by atoms with E-state index in [2.05, 4.69) is 47.3 Å². The normalized spacial score (nSPS) is 15.8. The van der Waals surface area contributed by atoms with E-state index in [0.717, 1.165) is 122 Å². The highest BCUT2D eigenvalue weighted by Gasteiger charge is 2.19. The Labute approximate surface area is 416 Å². The summed E-state index contributed by atoms with van der Waals surface area (Å²) in [5.41, 5.74) is 0. The number of aliphatic hydroxyl groups is 4. The molecular weight excluding hydrogens is 865 g/mol. The Morgan fingerprint density at radius 2 is 0.818 bits per heavy atom. The average Bonchev–Trinajstić information content (AvgIpc) is 3.30. The second-order valence-corrected chi connectivity index (χ2v) is 22.7. The largest absolute Gasteiger partial charge is 0.464 e. The van der Waals surface area contributed by atoms with Crippen LogP contribution in [0.3, 0.4) is 0 Å². The van der Waals surface area contributed by atoms with Crippen LogP contribution in [0.15, 0.2) is 0 Å². The summed E-state index contributed by atoms with van der Waals surface area (Å²) in [5, 5.41) is 42.9. The van der Waals surface area contributed by atoms with E-state index in [9.17, 15) is 25.2 Å². The minimum Gasteiger partial charge on any atom is -0.464 e. The van der Waals surface area contributed by atoms with Crippen LogP contribution >= 0.6 is 21.6 Å². The zero-order chi connectivity index (χ0) is 48.1. The molecule has 0 spiro atoms. The number of rotatable bonds is 50. The lowest BCUT2D eigenvalue weighted by Gasteiger charge is -2.34. The zero-order valence-corrected chi connectivity index (χ0v) is 45.5. The molecule has 0 aromatic rings. The lowest BCUT2D eigenvalue weighted by Crippen LogP contribution is -2.47. The van der Waals surface area contributed by atoms with Gasteiger partial charge in [-0.1, -0.05) is 178 Å². The third-order valence-electron chi connectivity index (χ3n) is 13.4. The Bertz CT molecular complexity index is 987. The first-order valence-electron chi connectivity index (χ1n) is 28.2. The van der Waals surface area contributed by atoms with Crippen molar-refractivity contribution in [2.24, 2.45) is 0 Å². The maximum atomic E-state index is 12.7. The van der Waals surface area contributed by atoms with E-state index in [0.29, 0.717) is 52.2 Å². The summed E-state index contributed by atoms with van der Waals surface area (Å²) in [7, 11) is 4.00. The number of hydrogen-bond acceptors (Lipinski definition) is 12. The molecule has 0 amide bonds. The molecule has 1 heterocycles. The Kier molecular flexibility index (Phi) is 45.7. The van der Waals surface area contributed by atoms with Crippen molar-refractivity contribution in [3.05, 3.63) is 0 Å². The molecule has 0 aliphatic carbocycles. The molecule has 1 aliphatic heterocycles. The van der Waals surface area contributed by atoms with Crippen LogP contribution in [-0.4, -0.2) is 167 Å². The smallest absolute Gasteiger partial charge is 0.305 e. The molecule has 1 fully saturated rings. The summed E-state index contributed by atoms with van der Waals surface area (Å²) >= 11 is 0. The quantitative estimate of drug-likeness (QED) is 0.0264. The van der Waals surface area contributed by atoms with Gasteiger partial charge < -0.3 is 30.1 Å². The minimum atomic E-state index is -0.398. The number of carbonyl (C=O) groups excluding carboxylic acids is 1. The van der Waals surface area contributed by atoms with Crippen LogP contribution in [0, 0.1) is 0 Å². The molecule has 0 saturated carbocycles. The van der Waals surface area contributed by atoms with Crippen molar-refractivity contribution in [3.8, 4) is 0 Å². The van der Waals surface area contributed by atoms with Gasteiger partial charge in [-0.2, -0.15) is 0 Å². The highest BCUT2D eigenvalue weighted by atomic mass is 33.1. The first kappa shape index (κ1) is 63.9. The molecule has 1 rings (SSSR count). The summed E-state index contributed by atoms with van der Waals surface area (Å²) in [4.78, 5) is 22.2. The van der Waals surface area contributed by atoms with E-state index in [-0.39, 0.29) is 18.2 Å². The highest BCUT2D eigenvalue weighted by molar-refractivity contribution is 8.76. The fourth-order valence-corrected chi connectivity index (χ4v) is 11.4. The van der Waals surface area contributed by atoms with Gasteiger partial charge in [0.1, 0.15) is 6.61 Å². The minimum absolute atomic E-state index is 0.141. The number of esters is 1. The molecule has 0 bridgehead atoms. The Hall–Kier alpha value is -0.150. The SMILES string of the molecule is CCCCCCCCCCC(O)CN(CCCC(=O)OCCN1CCN(CCCCSSCCCCN(CC(O)CCCC)CC(O)CCCC)CC1)CC(O)CCCCCCCCCC. The highest BCUT2D eigenvalue weighted by Crippen LogP contribution is 2.24. The predicted molar refractivity (Wildman–Crippen MR) is 287 cm³/mol. The van der Waals surface area contributed by atoms with Gasteiger partial charge in [-0.3, -0.25) is 19.5 Å². The summed E-state index contributed by atoms with van der Waals surface area (Å²) in [6.07, 6.45) is 32.1. The number of hydrogen-bond donors (Lipinski definition) is 4. The first-order chi connectivity index (χ1) is 32.2. The summed E-state index contributed by atoms with van der Waals surface area (Å²) in [6.45, 7) is 19.5. The van der Waals surface area contributed by atoms with E-state index >= 15 is 0 Å². The van der Waals surface area contributed by atoms with E-state index in [1.54, 1.807) is 0 Å². The van der Waals surface area contributed by atoms with E-state index in [4.69, 9.17) is 4.74 Å². The maximum Gasteiger partial charge on any atom is 0.305 e. The summed E-state index contributed by atoms with van der Waals surface area (Å²) in [6, 6.07) is 0. The lowest BCUT2D eigenvalue weighted by molar-refractivity contribution is -0.144. The van der Waals surface area contributed by atoms with Crippen LogP contribution in [0.4, 0.5) is 0 Å². The monoisotopic (exact) mass is 975 g/mol. The number of aliphatic hydroxyl groups excluding tert-OH is 4. The van der Waals surface area contributed by atoms with Crippen molar-refractivity contribution in [1.82, 2.24) is 19.6 Å². The molecule has 12 heteroatoms. The van der Waals surface area contributed by atoms with Crippen LogP contribution < -0.4 is 0 Å². The maximum absolute atomic E-state index is 12.7. The fourth-order valence-electron chi connectivity index (χ4n) is 9.13. The first-order valence-corrected chi connectivity index (χ1v) is 30.7. The molecule has 66 heavy (non-hydrogen) atoms. The molecule has 0 aromatic heterocycles. The second-order valence-electron chi connectivity index (χ2n) is 20.0. The average molecular weight is 976 g/mol. The van der Waals surface area contributed by atoms with Crippen LogP contribution in [0.5, 0.6) is 0 Å². The van der Waals surface area contributed by atoms with Gasteiger partial charge in [0.2, 0.25) is 0 Å². The van der Waals surface area contributed by atoms with Crippen molar-refractivity contribution in [2.45, 2.75) is 245 Å². The van der Waals surface area contributed by atoms with Crippen LogP contribution in [0.2, 0.25) is 0 Å². The topological polar surface area (TPSA) is 120 Å². The lowest BCUT2D eigenvalue weighted by atomic mass is 10.0. The summed E-state index contributed by atoms with van der Waals surface area (Å²) < 4.78 is 5.69. The van der Waals surface area contributed by atoms with Crippen molar-refractivity contribution >= 4 is 27.6 Å². The van der Waals surface area contributed by atoms with Crippen molar-refractivity contribution in [2.75, 3.05) is 96.6 Å². The molecule has 394 valence electrons. The van der Waals surface area contributed by atoms with E-state index < -0.39 is 12.2 Å². The van der Waals surface area contributed by atoms with Gasteiger partial charge in [0.15, 0.2) is 0 Å². The van der Waals surface area contributed by atoms with Gasteiger partial charge in [-0.05, 0) is 77.4 Å². The van der Waals surface area contributed by atoms with Gasteiger partial charge in [0.05, 0.1) is 24.4 Å². The fraction of sp³-hybridized carbons (Fsp3) is 0.981. The van der Waals surface area contributed by atoms with Crippen LogP contribution in [0.1, 0.15) is 220 Å². The van der Waals surface area contributed by atoms with Gasteiger partial charge in [-0.25, -0.2) is 0 Å². The van der Waals surface area contributed by atoms with Gasteiger partial charge in [0, 0.05) is 76.8 Å². The zero-order valence-electron chi connectivity index (χ0n) is 43.8. The standard InChI is InChI=1S/C54H110N4O6S2/c1-5-9-13-15-17-19-21-23-32-52(61)48-58(49-53(62)33-24-22-20-18-16-14-10-6-2)37-29-34-54(63)64-43-42-56-40-38-55(39-41-56)35-25-27-44-65-66-45-28-26-36-57(46-50(59)30-11-7-3)47-51(60)31-12-8-4/h50-53,59-62H,5-49H2,1-4H3.